The van der Waals surface area contributed by atoms with Crippen molar-refractivity contribution < 1.29 is 13.9 Å². The molecule has 1 aromatic carbocycles. The summed E-state index contributed by atoms with van der Waals surface area (Å²) >= 11 is 0. The quantitative estimate of drug-likeness (QED) is 0.889. The second-order valence-corrected chi connectivity index (χ2v) is 4.37. The normalized spacial score (nSPS) is 23.6. The van der Waals surface area contributed by atoms with E-state index in [0.717, 1.165) is 12.0 Å². The molecule has 1 heterocycles. The fourth-order valence-electron chi connectivity index (χ4n) is 2.21. The molecule has 1 amide bonds. The molecule has 0 bridgehead atoms. The highest BCUT2D eigenvalue weighted by Crippen LogP contribution is 2.27. The SMILES string of the molecule is CCC1NC(c2ccc(OC)c(F)c2)N(C)C1=O. The number of hydrogen-bond acceptors (Lipinski definition) is 3. The molecule has 1 saturated heterocycles. The monoisotopic (exact) mass is 252 g/mol. The van der Waals surface area contributed by atoms with E-state index in [4.69, 9.17) is 4.74 Å². The van der Waals surface area contributed by atoms with Gasteiger partial charge >= 0.3 is 0 Å². The number of rotatable bonds is 3. The molecule has 2 atom stereocenters. The summed E-state index contributed by atoms with van der Waals surface area (Å²) in [5.41, 5.74) is 0.722. The average molecular weight is 252 g/mol. The van der Waals surface area contributed by atoms with Crippen LogP contribution >= 0.6 is 0 Å². The van der Waals surface area contributed by atoms with E-state index in [9.17, 15) is 9.18 Å². The first-order chi connectivity index (χ1) is 8.58. The Morgan fingerprint density at radius 2 is 2.22 bits per heavy atom. The molecule has 18 heavy (non-hydrogen) atoms. The number of methoxy groups -OCH3 is 1. The van der Waals surface area contributed by atoms with Gasteiger partial charge in [0.05, 0.1) is 13.2 Å². The Bertz CT molecular complexity index is 464. The Kier molecular flexibility index (Phi) is 3.52. The van der Waals surface area contributed by atoms with Crippen LogP contribution in [0.3, 0.4) is 0 Å². The minimum Gasteiger partial charge on any atom is -0.494 e. The maximum atomic E-state index is 13.7. The Hall–Kier alpha value is -1.62. The zero-order chi connectivity index (χ0) is 13.3. The van der Waals surface area contributed by atoms with E-state index in [1.807, 2.05) is 6.92 Å². The Labute approximate surface area is 106 Å². The van der Waals surface area contributed by atoms with E-state index in [2.05, 4.69) is 5.32 Å². The predicted octanol–water partition coefficient (Wildman–Crippen LogP) is 1.67. The maximum absolute atomic E-state index is 13.7. The molecule has 2 rings (SSSR count). The highest BCUT2D eigenvalue weighted by atomic mass is 19.1. The molecule has 5 heteroatoms. The number of halogens is 1. The van der Waals surface area contributed by atoms with Gasteiger partial charge in [-0.25, -0.2) is 4.39 Å². The van der Waals surface area contributed by atoms with Crippen molar-refractivity contribution in [2.75, 3.05) is 14.2 Å². The molecule has 2 unspecified atom stereocenters. The van der Waals surface area contributed by atoms with Crippen LogP contribution in [0.15, 0.2) is 18.2 Å². The lowest BCUT2D eigenvalue weighted by atomic mass is 10.1. The van der Waals surface area contributed by atoms with Crippen molar-refractivity contribution in [3.63, 3.8) is 0 Å². The van der Waals surface area contributed by atoms with Gasteiger partial charge in [0.25, 0.3) is 0 Å². The number of nitrogens with zero attached hydrogens (tertiary/aromatic N) is 1. The van der Waals surface area contributed by atoms with Crippen LogP contribution < -0.4 is 10.1 Å². The number of ether oxygens (including phenoxy) is 1. The van der Waals surface area contributed by atoms with Gasteiger partial charge in [-0.2, -0.15) is 0 Å². The van der Waals surface area contributed by atoms with Crippen LogP contribution in [-0.4, -0.2) is 31.0 Å². The first kappa shape index (κ1) is 12.8. The lowest BCUT2D eigenvalue weighted by Crippen LogP contribution is -2.27. The smallest absolute Gasteiger partial charge is 0.241 e. The molecule has 0 aromatic heterocycles. The van der Waals surface area contributed by atoms with Crippen LogP contribution in [0, 0.1) is 5.82 Å². The molecule has 1 aromatic rings. The molecular weight excluding hydrogens is 235 g/mol. The first-order valence-corrected chi connectivity index (χ1v) is 5.94. The summed E-state index contributed by atoms with van der Waals surface area (Å²) in [6.07, 6.45) is 0.445. The van der Waals surface area contributed by atoms with Gasteiger partial charge < -0.3 is 9.64 Å². The Morgan fingerprint density at radius 1 is 1.50 bits per heavy atom. The summed E-state index contributed by atoms with van der Waals surface area (Å²) in [7, 11) is 3.15. The zero-order valence-corrected chi connectivity index (χ0v) is 10.7. The van der Waals surface area contributed by atoms with Gasteiger partial charge in [-0.3, -0.25) is 10.1 Å². The third-order valence-electron chi connectivity index (χ3n) is 3.29. The molecule has 0 spiro atoms. The summed E-state index contributed by atoms with van der Waals surface area (Å²) in [6, 6.07) is 4.55. The molecule has 0 aliphatic carbocycles. The van der Waals surface area contributed by atoms with Gasteiger partial charge in [-0.15, -0.1) is 0 Å². The summed E-state index contributed by atoms with van der Waals surface area (Å²) < 4.78 is 18.5. The summed E-state index contributed by atoms with van der Waals surface area (Å²) in [6.45, 7) is 1.94. The number of likely N-dealkylation sites (N-methyl/N-ethyl adjacent to an activating group) is 1. The minimum atomic E-state index is -0.419. The fraction of sp³-hybridized carbons (Fsp3) is 0.462. The molecule has 4 nitrogen and oxygen atoms in total. The van der Waals surface area contributed by atoms with Crippen LogP contribution in [0.25, 0.3) is 0 Å². The van der Waals surface area contributed by atoms with Gasteiger partial charge in [0.15, 0.2) is 11.6 Å². The molecule has 98 valence electrons. The van der Waals surface area contributed by atoms with Crippen molar-refractivity contribution in [2.45, 2.75) is 25.6 Å². The van der Waals surface area contributed by atoms with Crippen LogP contribution in [0.2, 0.25) is 0 Å². The highest BCUT2D eigenvalue weighted by molar-refractivity contribution is 5.84. The second-order valence-electron chi connectivity index (χ2n) is 4.37. The van der Waals surface area contributed by atoms with Crippen molar-refractivity contribution in [1.82, 2.24) is 10.2 Å². The van der Waals surface area contributed by atoms with Gasteiger partial charge in [-0.1, -0.05) is 13.0 Å². The lowest BCUT2D eigenvalue weighted by molar-refractivity contribution is -0.128. The molecule has 0 saturated carbocycles. The van der Waals surface area contributed by atoms with E-state index >= 15 is 0 Å². The van der Waals surface area contributed by atoms with Crippen molar-refractivity contribution >= 4 is 5.91 Å². The Balaban J connectivity index is 2.27. The van der Waals surface area contributed by atoms with E-state index in [1.165, 1.54) is 13.2 Å². The number of nitrogens with one attached hydrogen (secondary N) is 1. The maximum Gasteiger partial charge on any atom is 0.241 e. The predicted molar refractivity (Wildman–Crippen MR) is 65.7 cm³/mol. The fourth-order valence-corrected chi connectivity index (χ4v) is 2.21. The van der Waals surface area contributed by atoms with Gasteiger partial charge in [0.2, 0.25) is 5.91 Å². The van der Waals surface area contributed by atoms with E-state index < -0.39 is 5.82 Å². The number of carbonyl (C=O) groups excluding carboxylic acids is 1. The first-order valence-electron chi connectivity index (χ1n) is 5.94. The molecule has 1 aliphatic rings. The van der Waals surface area contributed by atoms with Crippen molar-refractivity contribution in [3.05, 3.63) is 29.6 Å². The molecular formula is C13H17FN2O2. The number of hydrogen-bond donors (Lipinski definition) is 1. The standard InChI is InChI=1S/C13H17FN2O2/c1-4-10-13(17)16(2)12(15-10)8-5-6-11(18-3)9(14)7-8/h5-7,10,12,15H,4H2,1-3H3. The third-order valence-corrected chi connectivity index (χ3v) is 3.29. The highest BCUT2D eigenvalue weighted by Gasteiger charge is 2.36. The number of benzene rings is 1. The van der Waals surface area contributed by atoms with Gasteiger partial charge in [-0.05, 0) is 24.1 Å². The zero-order valence-electron chi connectivity index (χ0n) is 10.7. The molecule has 1 N–H and O–H groups in total. The summed E-state index contributed by atoms with van der Waals surface area (Å²) in [5, 5.41) is 3.19. The number of amides is 1. The van der Waals surface area contributed by atoms with E-state index in [-0.39, 0.29) is 23.9 Å². The lowest BCUT2D eigenvalue weighted by Gasteiger charge is -2.20. The van der Waals surface area contributed by atoms with Crippen LogP contribution in [-0.2, 0) is 4.79 Å². The van der Waals surface area contributed by atoms with E-state index in [0.29, 0.717) is 0 Å². The van der Waals surface area contributed by atoms with Crippen molar-refractivity contribution in [3.8, 4) is 5.75 Å². The molecule has 1 aliphatic heterocycles. The van der Waals surface area contributed by atoms with Gasteiger partial charge in [0, 0.05) is 7.05 Å². The van der Waals surface area contributed by atoms with Crippen molar-refractivity contribution in [1.29, 1.82) is 0 Å². The second kappa shape index (κ2) is 4.94. The summed E-state index contributed by atoms with van der Waals surface area (Å²) in [4.78, 5) is 13.5. The third kappa shape index (κ3) is 2.06. The Morgan fingerprint density at radius 3 is 2.72 bits per heavy atom. The molecule has 1 fully saturated rings. The van der Waals surface area contributed by atoms with Crippen LogP contribution in [0.1, 0.15) is 25.1 Å². The topological polar surface area (TPSA) is 41.6 Å². The van der Waals surface area contributed by atoms with Crippen LogP contribution in [0.4, 0.5) is 4.39 Å². The number of carbonyl (C=O) groups is 1. The average Bonchev–Trinajstić information content (AvgIpc) is 2.66. The minimum absolute atomic E-state index is 0.0405. The van der Waals surface area contributed by atoms with Crippen LogP contribution in [0.5, 0.6) is 5.75 Å². The van der Waals surface area contributed by atoms with Gasteiger partial charge in [0.1, 0.15) is 6.17 Å². The summed E-state index contributed by atoms with van der Waals surface area (Å²) in [5.74, 6) is -0.172. The van der Waals surface area contributed by atoms with Crippen molar-refractivity contribution in [2.24, 2.45) is 0 Å². The largest absolute Gasteiger partial charge is 0.494 e. The molecule has 0 radical (unpaired) electrons. The van der Waals surface area contributed by atoms with E-state index in [1.54, 1.807) is 24.1 Å².